The third kappa shape index (κ3) is 7.74. The molecule has 3 N–H and O–H groups in total. The molecule has 2 aromatic carbocycles. The summed E-state index contributed by atoms with van der Waals surface area (Å²) in [6.45, 7) is 13.2. The Kier molecular flexibility index (Phi) is 13.2. The molecule has 42 heavy (non-hydrogen) atoms. The van der Waals surface area contributed by atoms with E-state index in [1.165, 1.54) is 30.3 Å². The number of aromatic nitrogens is 3. The summed E-state index contributed by atoms with van der Waals surface area (Å²) in [7, 11) is 1.00. The van der Waals surface area contributed by atoms with Crippen LogP contribution in [0.4, 0.5) is 14.7 Å². The summed E-state index contributed by atoms with van der Waals surface area (Å²) < 4.78 is 30.6. The molecule has 4 rings (SSSR count). The number of pyridine rings is 1. The SMILES string of the molecule is CC.CCN(CC)CCCNc1nc(-c2cc(C(=O)O)ccc2C)c2ccc(=O)n(-c3c(F)cccc3F)c2n1.CO. The number of halogens is 2. The molecular weight excluding hydrogens is 544 g/mol. The number of rotatable bonds is 10. The second kappa shape index (κ2) is 16.3. The normalized spacial score (nSPS) is 10.5. The summed E-state index contributed by atoms with van der Waals surface area (Å²) in [4.78, 5) is 36.1. The van der Waals surface area contributed by atoms with Crippen molar-refractivity contribution in [3.63, 3.8) is 0 Å². The van der Waals surface area contributed by atoms with E-state index in [1.807, 2.05) is 13.8 Å². The fourth-order valence-corrected chi connectivity index (χ4v) is 4.37. The quantitative estimate of drug-likeness (QED) is 0.209. The average Bonchev–Trinajstić information content (AvgIpc) is 3.00. The Morgan fingerprint density at radius 3 is 2.24 bits per heavy atom. The van der Waals surface area contributed by atoms with Crippen LogP contribution in [0.25, 0.3) is 28.0 Å². The first-order valence-electron chi connectivity index (χ1n) is 13.9. The maximum atomic E-state index is 14.8. The van der Waals surface area contributed by atoms with Crippen LogP contribution in [0.3, 0.4) is 0 Å². The highest BCUT2D eigenvalue weighted by Crippen LogP contribution is 2.31. The van der Waals surface area contributed by atoms with Crippen molar-refractivity contribution in [1.29, 1.82) is 0 Å². The minimum Gasteiger partial charge on any atom is -0.478 e. The Balaban J connectivity index is 0.00000148. The number of carboxylic acids is 1. The molecule has 4 aromatic rings. The molecule has 11 heteroatoms. The van der Waals surface area contributed by atoms with Crippen molar-refractivity contribution in [1.82, 2.24) is 19.4 Å². The number of hydrogen-bond donors (Lipinski definition) is 3. The predicted octanol–water partition coefficient (Wildman–Crippen LogP) is 5.51. The van der Waals surface area contributed by atoms with Gasteiger partial charge in [-0.3, -0.25) is 9.36 Å². The molecule has 0 saturated heterocycles. The summed E-state index contributed by atoms with van der Waals surface area (Å²) in [5.74, 6) is -2.79. The number of hydrogen-bond acceptors (Lipinski definition) is 7. The molecule has 0 saturated carbocycles. The van der Waals surface area contributed by atoms with E-state index in [1.54, 1.807) is 13.0 Å². The van der Waals surface area contributed by atoms with Crippen molar-refractivity contribution < 1.29 is 23.8 Å². The fraction of sp³-hybridized carbons (Fsp3) is 0.355. The maximum absolute atomic E-state index is 14.8. The summed E-state index contributed by atoms with van der Waals surface area (Å²) >= 11 is 0. The zero-order valence-corrected chi connectivity index (χ0v) is 24.9. The van der Waals surface area contributed by atoms with Gasteiger partial charge in [-0.15, -0.1) is 0 Å². The first kappa shape index (κ1) is 34.0. The average molecular weight is 584 g/mol. The number of carboxylic acid groups (broad SMARTS) is 1. The number of carbonyl (C=O) groups is 1. The lowest BCUT2D eigenvalue weighted by Gasteiger charge is -2.18. The highest BCUT2D eigenvalue weighted by Gasteiger charge is 2.21. The molecule has 0 spiro atoms. The van der Waals surface area contributed by atoms with Crippen molar-refractivity contribution in [2.75, 3.05) is 38.6 Å². The molecule has 9 nitrogen and oxygen atoms in total. The second-order valence-electron chi connectivity index (χ2n) is 8.85. The third-order valence-corrected chi connectivity index (χ3v) is 6.48. The minimum atomic E-state index is -1.11. The van der Waals surface area contributed by atoms with E-state index in [9.17, 15) is 23.5 Å². The molecule has 0 amide bonds. The van der Waals surface area contributed by atoms with Crippen LogP contribution in [0, 0.1) is 18.6 Å². The number of aliphatic hydroxyl groups excluding tert-OH is 1. The van der Waals surface area contributed by atoms with E-state index in [-0.39, 0.29) is 17.2 Å². The number of anilines is 1. The van der Waals surface area contributed by atoms with Gasteiger partial charge >= 0.3 is 5.97 Å². The molecule has 226 valence electrons. The van der Waals surface area contributed by atoms with Gasteiger partial charge in [-0.2, -0.15) is 4.98 Å². The van der Waals surface area contributed by atoms with Crippen LogP contribution in [-0.4, -0.2) is 68.9 Å². The Morgan fingerprint density at radius 1 is 1.00 bits per heavy atom. The molecule has 0 aliphatic rings. The summed E-state index contributed by atoms with van der Waals surface area (Å²) in [5.41, 5.74) is 0.413. The van der Waals surface area contributed by atoms with Crippen LogP contribution in [0.15, 0.2) is 53.3 Å². The van der Waals surface area contributed by atoms with Crippen LogP contribution in [0.2, 0.25) is 0 Å². The number of benzene rings is 2. The largest absolute Gasteiger partial charge is 0.478 e. The van der Waals surface area contributed by atoms with Crippen LogP contribution in [0.1, 0.15) is 50.0 Å². The summed E-state index contributed by atoms with van der Waals surface area (Å²) in [5, 5.41) is 20.1. The van der Waals surface area contributed by atoms with Gasteiger partial charge in [-0.05, 0) is 68.9 Å². The zero-order valence-electron chi connectivity index (χ0n) is 24.9. The van der Waals surface area contributed by atoms with Crippen molar-refractivity contribution in [2.24, 2.45) is 0 Å². The molecule has 2 aromatic heterocycles. The van der Waals surface area contributed by atoms with E-state index in [0.717, 1.165) is 55.4 Å². The topological polar surface area (TPSA) is 121 Å². The van der Waals surface area contributed by atoms with Gasteiger partial charge in [0.2, 0.25) is 5.95 Å². The Hall–Kier alpha value is -4.22. The van der Waals surface area contributed by atoms with E-state index in [0.29, 0.717) is 23.2 Å². The molecular formula is C31H39F2N5O4. The Morgan fingerprint density at radius 2 is 1.64 bits per heavy atom. The van der Waals surface area contributed by atoms with Crippen molar-refractivity contribution >= 4 is 23.0 Å². The van der Waals surface area contributed by atoms with Gasteiger partial charge in [-0.25, -0.2) is 18.6 Å². The molecule has 0 atom stereocenters. The molecule has 2 heterocycles. The van der Waals surface area contributed by atoms with Crippen molar-refractivity contribution in [3.05, 3.63) is 81.6 Å². The van der Waals surface area contributed by atoms with Gasteiger partial charge in [0, 0.05) is 30.7 Å². The third-order valence-electron chi connectivity index (χ3n) is 6.48. The predicted molar refractivity (Wildman–Crippen MR) is 163 cm³/mol. The van der Waals surface area contributed by atoms with Gasteiger partial charge in [-0.1, -0.05) is 39.8 Å². The summed E-state index contributed by atoms with van der Waals surface area (Å²) in [6, 6.07) is 10.7. The smallest absolute Gasteiger partial charge is 0.335 e. The lowest BCUT2D eigenvalue weighted by atomic mass is 10.00. The van der Waals surface area contributed by atoms with Crippen LogP contribution >= 0.6 is 0 Å². The molecule has 0 fully saturated rings. The molecule has 0 aliphatic carbocycles. The molecule has 0 radical (unpaired) electrons. The first-order valence-corrected chi connectivity index (χ1v) is 13.9. The number of aliphatic hydroxyl groups is 1. The molecule has 0 bridgehead atoms. The van der Waals surface area contributed by atoms with E-state index >= 15 is 0 Å². The lowest BCUT2D eigenvalue weighted by Crippen LogP contribution is -2.25. The minimum absolute atomic E-state index is 0.00197. The van der Waals surface area contributed by atoms with Gasteiger partial charge in [0.05, 0.1) is 11.3 Å². The monoisotopic (exact) mass is 583 g/mol. The van der Waals surface area contributed by atoms with Gasteiger partial charge in [0.25, 0.3) is 5.56 Å². The molecule has 0 unspecified atom stereocenters. The molecule has 0 aliphatic heterocycles. The zero-order chi connectivity index (χ0) is 31.4. The van der Waals surface area contributed by atoms with Crippen LogP contribution in [0.5, 0.6) is 0 Å². The number of aryl methyl sites for hydroxylation is 1. The van der Waals surface area contributed by atoms with Crippen molar-refractivity contribution in [2.45, 2.75) is 41.0 Å². The van der Waals surface area contributed by atoms with Crippen LogP contribution < -0.4 is 10.9 Å². The number of fused-ring (bicyclic) bond motifs is 1. The van der Waals surface area contributed by atoms with Crippen LogP contribution in [-0.2, 0) is 0 Å². The van der Waals surface area contributed by atoms with E-state index in [2.05, 4.69) is 34.0 Å². The highest BCUT2D eigenvalue weighted by atomic mass is 19.1. The second-order valence-corrected chi connectivity index (χ2v) is 8.85. The number of nitrogens with zero attached hydrogens (tertiary/aromatic N) is 4. The lowest BCUT2D eigenvalue weighted by molar-refractivity contribution is 0.0697. The highest BCUT2D eigenvalue weighted by molar-refractivity contribution is 5.95. The fourth-order valence-electron chi connectivity index (χ4n) is 4.37. The first-order chi connectivity index (χ1) is 20.2. The number of para-hydroxylation sites is 1. The Labute approximate surface area is 244 Å². The van der Waals surface area contributed by atoms with Gasteiger partial charge in [0.1, 0.15) is 17.3 Å². The van der Waals surface area contributed by atoms with Gasteiger partial charge in [0.15, 0.2) is 5.65 Å². The standard InChI is InChI=1S/C28H29F2N5O3.C2H6.CH4O/c1-4-34(5-2)15-7-14-31-28-32-24(20-16-18(27(37)38)11-10-17(20)3)19-12-13-23(36)35(26(19)33-28)25-21(29)8-6-9-22(25)30;2*1-2/h6,8-13,16H,4-5,7,14-15H2,1-3H3,(H,37,38)(H,31,32,33);1-2H3;2H,1H3. The number of nitrogens with one attached hydrogen (secondary N) is 1. The van der Waals surface area contributed by atoms with Gasteiger partial charge < -0.3 is 20.4 Å². The Bertz CT molecular complexity index is 1530. The van der Waals surface area contributed by atoms with E-state index < -0.39 is 28.9 Å². The maximum Gasteiger partial charge on any atom is 0.335 e. The number of aromatic carboxylic acids is 1. The van der Waals surface area contributed by atoms with E-state index in [4.69, 9.17) is 5.11 Å². The summed E-state index contributed by atoms with van der Waals surface area (Å²) in [6.07, 6.45) is 0.787. The van der Waals surface area contributed by atoms with Crippen molar-refractivity contribution in [3.8, 4) is 16.9 Å².